The molecule has 0 unspecified atom stereocenters. The molecule has 2 fully saturated rings. The molecule has 0 spiro atoms. The SMILES string of the molecule is CCCCn1c(N2CCN(C)CC2)c(C=C2SC(=S)N(Cc3ccco3)C2=O)c(C)c(C#N)c1=O. The number of piperazine rings is 1. The van der Waals surface area contributed by atoms with Crippen LogP contribution in [0.25, 0.3) is 6.08 Å². The number of aromatic nitrogens is 1. The maximum Gasteiger partial charge on any atom is 0.270 e. The number of likely N-dealkylation sites (N-methyl/N-ethyl adjacent to an activating group) is 1. The Morgan fingerprint density at radius 2 is 2.00 bits per heavy atom. The lowest BCUT2D eigenvalue weighted by molar-refractivity contribution is -0.122. The van der Waals surface area contributed by atoms with Gasteiger partial charge in [-0.1, -0.05) is 37.3 Å². The molecular formula is C25H29N5O3S2. The maximum absolute atomic E-state index is 13.4. The third-order valence-electron chi connectivity index (χ3n) is 6.43. The van der Waals surface area contributed by atoms with Gasteiger partial charge in [-0.25, -0.2) is 0 Å². The first-order valence-electron chi connectivity index (χ1n) is 11.7. The van der Waals surface area contributed by atoms with Gasteiger partial charge in [0.15, 0.2) is 0 Å². The second kappa shape index (κ2) is 10.8. The van der Waals surface area contributed by atoms with Gasteiger partial charge in [-0.05, 0) is 44.2 Å². The van der Waals surface area contributed by atoms with Crippen molar-refractivity contribution >= 4 is 46.1 Å². The number of thioether (sulfide) groups is 1. The van der Waals surface area contributed by atoms with Gasteiger partial charge in [0.2, 0.25) is 0 Å². The number of pyridine rings is 1. The van der Waals surface area contributed by atoms with Crippen LogP contribution in [0, 0.1) is 18.3 Å². The van der Waals surface area contributed by atoms with Crippen molar-refractivity contribution in [1.82, 2.24) is 14.4 Å². The summed E-state index contributed by atoms with van der Waals surface area (Å²) in [5.74, 6) is 1.23. The normalized spacial score (nSPS) is 18.1. The van der Waals surface area contributed by atoms with E-state index in [1.807, 2.05) is 6.08 Å². The van der Waals surface area contributed by atoms with Gasteiger partial charge < -0.3 is 14.2 Å². The summed E-state index contributed by atoms with van der Waals surface area (Å²) in [6, 6.07) is 5.69. The highest BCUT2D eigenvalue weighted by molar-refractivity contribution is 8.26. The number of anilines is 1. The fourth-order valence-corrected chi connectivity index (χ4v) is 5.59. The summed E-state index contributed by atoms with van der Waals surface area (Å²) < 4.78 is 7.59. The molecule has 4 heterocycles. The first-order valence-corrected chi connectivity index (χ1v) is 13.0. The van der Waals surface area contributed by atoms with E-state index in [9.17, 15) is 14.9 Å². The van der Waals surface area contributed by atoms with Gasteiger partial charge in [0.1, 0.15) is 27.5 Å². The molecule has 1 amide bonds. The second-order valence-electron chi connectivity index (χ2n) is 8.80. The van der Waals surface area contributed by atoms with Crippen LogP contribution in [0.2, 0.25) is 0 Å². The quantitative estimate of drug-likeness (QED) is 0.412. The number of thiocarbonyl (C=S) groups is 1. The fraction of sp³-hybridized carbons (Fsp3) is 0.440. The van der Waals surface area contributed by atoms with Crippen LogP contribution in [0.5, 0.6) is 0 Å². The topological polar surface area (TPSA) is 85.7 Å². The van der Waals surface area contributed by atoms with E-state index in [0.717, 1.165) is 50.4 Å². The molecule has 0 atom stereocenters. The van der Waals surface area contributed by atoms with E-state index < -0.39 is 0 Å². The molecular weight excluding hydrogens is 482 g/mol. The molecule has 184 valence electrons. The third kappa shape index (κ3) is 5.08. The van der Waals surface area contributed by atoms with E-state index >= 15 is 0 Å². The molecule has 0 aliphatic carbocycles. The Morgan fingerprint density at radius 1 is 1.26 bits per heavy atom. The fourth-order valence-electron chi connectivity index (χ4n) is 4.35. The predicted molar refractivity (Wildman–Crippen MR) is 142 cm³/mol. The van der Waals surface area contributed by atoms with Gasteiger partial charge in [0, 0.05) is 38.3 Å². The summed E-state index contributed by atoms with van der Waals surface area (Å²) in [7, 11) is 2.08. The number of nitrogens with zero attached hydrogens (tertiary/aromatic N) is 5. The Hall–Kier alpha value is -2.87. The van der Waals surface area contributed by atoms with E-state index in [2.05, 4.69) is 29.8 Å². The molecule has 2 saturated heterocycles. The monoisotopic (exact) mass is 511 g/mol. The van der Waals surface area contributed by atoms with Gasteiger partial charge in [-0.15, -0.1) is 0 Å². The average Bonchev–Trinajstić information content (AvgIpc) is 3.45. The summed E-state index contributed by atoms with van der Waals surface area (Å²) >= 11 is 6.74. The van der Waals surface area contributed by atoms with Gasteiger partial charge in [-0.3, -0.25) is 19.1 Å². The van der Waals surface area contributed by atoms with Crippen molar-refractivity contribution in [3.63, 3.8) is 0 Å². The molecule has 35 heavy (non-hydrogen) atoms. The van der Waals surface area contributed by atoms with Crippen molar-refractivity contribution < 1.29 is 9.21 Å². The smallest absolute Gasteiger partial charge is 0.270 e. The molecule has 0 bridgehead atoms. The van der Waals surface area contributed by atoms with E-state index in [1.165, 1.54) is 16.7 Å². The van der Waals surface area contributed by atoms with Crippen molar-refractivity contribution in [3.05, 3.63) is 56.1 Å². The molecule has 0 aromatic carbocycles. The summed E-state index contributed by atoms with van der Waals surface area (Å²) in [5.41, 5.74) is 1.18. The molecule has 2 aliphatic rings. The lowest BCUT2D eigenvalue weighted by Crippen LogP contribution is -2.47. The number of carbonyl (C=O) groups excluding carboxylic acids is 1. The first-order chi connectivity index (χ1) is 16.8. The van der Waals surface area contributed by atoms with Crippen LogP contribution in [0.3, 0.4) is 0 Å². The number of unbranched alkanes of at least 4 members (excludes halogenated alkanes) is 1. The third-order valence-corrected chi connectivity index (χ3v) is 7.81. The lowest BCUT2D eigenvalue weighted by atomic mass is 10.0. The zero-order valence-electron chi connectivity index (χ0n) is 20.2. The Balaban J connectivity index is 1.83. The standard InChI is InChI=1S/C25H29N5O3S2/c1-4-5-8-29-22(28-11-9-27(3)10-12-28)19(17(2)20(15-26)23(29)31)14-21-24(32)30(25(34)35-21)16-18-7-6-13-33-18/h6-7,13-14H,4-5,8-12,16H2,1-3H3. The lowest BCUT2D eigenvalue weighted by Gasteiger charge is -2.36. The van der Waals surface area contributed by atoms with Crippen molar-refractivity contribution in [2.75, 3.05) is 38.1 Å². The molecule has 0 N–H and O–H groups in total. The number of amides is 1. The number of nitriles is 1. The summed E-state index contributed by atoms with van der Waals surface area (Å²) in [4.78, 5) is 33.1. The zero-order chi connectivity index (χ0) is 25.1. The van der Waals surface area contributed by atoms with Crippen molar-refractivity contribution in [2.45, 2.75) is 39.8 Å². The summed E-state index contributed by atoms with van der Waals surface area (Å²) in [6.45, 7) is 7.90. The van der Waals surface area contributed by atoms with Crippen LogP contribution in [-0.4, -0.2) is 57.8 Å². The number of hydrogen-bond acceptors (Lipinski definition) is 8. The number of rotatable bonds is 7. The Morgan fingerprint density at radius 3 is 2.63 bits per heavy atom. The minimum atomic E-state index is -0.269. The number of carbonyl (C=O) groups is 1. The molecule has 2 aromatic heterocycles. The summed E-state index contributed by atoms with van der Waals surface area (Å²) in [5, 5.41) is 9.83. The van der Waals surface area contributed by atoms with Gasteiger partial charge >= 0.3 is 0 Å². The van der Waals surface area contributed by atoms with Crippen LogP contribution in [0.15, 0.2) is 32.5 Å². The molecule has 10 heteroatoms. The Bertz CT molecular complexity index is 1250. The Labute approximate surface area is 214 Å². The number of furan rings is 1. The average molecular weight is 512 g/mol. The molecule has 8 nitrogen and oxygen atoms in total. The van der Waals surface area contributed by atoms with Crippen LogP contribution >= 0.6 is 24.0 Å². The molecule has 4 rings (SSSR count). The Kier molecular flexibility index (Phi) is 7.79. The maximum atomic E-state index is 13.4. The minimum absolute atomic E-state index is 0.122. The van der Waals surface area contributed by atoms with E-state index in [1.54, 1.807) is 29.9 Å². The first kappa shape index (κ1) is 25.2. The second-order valence-corrected chi connectivity index (χ2v) is 10.5. The highest BCUT2D eigenvalue weighted by atomic mass is 32.2. The van der Waals surface area contributed by atoms with Crippen molar-refractivity contribution in [3.8, 4) is 6.07 Å². The predicted octanol–water partition coefficient (Wildman–Crippen LogP) is 3.57. The van der Waals surface area contributed by atoms with E-state index in [-0.39, 0.29) is 23.6 Å². The highest BCUT2D eigenvalue weighted by Crippen LogP contribution is 2.36. The van der Waals surface area contributed by atoms with Crippen LogP contribution < -0.4 is 10.5 Å². The van der Waals surface area contributed by atoms with Gasteiger partial charge in [0.05, 0.1) is 17.7 Å². The molecule has 2 aliphatic heterocycles. The van der Waals surface area contributed by atoms with Crippen LogP contribution in [0.4, 0.5) is 5.82 Å². The van der Waals surface area contributed by atoms with E-state index in [4.69, 9.17) is 16.6 Å². The molecule has 0 saturated carbocycles. The molecule has 0 radical (unpaired) electrons. The largest absolute Gasteiger partial charge is 0.467 e. The van der Waals surface area contributed by atoms with Crippen LogP contribution in [-0.2, 0) is 17.9 Å². The zero-order valence-corrected chi connectivity index (χ0v) is 21.9. The summed E-state index contributed by atoms with van der Waals surface area (Å²) in [6.07, 6.45) is 5.12. The van der Waals surface area contributed by atoms with Gasteiger partial charge in [0.25, 0.3) is 11.5 Å². The van der Waals surface area contributed by atoms with Gasteiger partial charge in [-0.2, -0.15) is 5.26 Å². The highest BCUT2D eigenvalue weighted by Gasteiger charge is 2.34. The van der Waals surface area contributed by atoms with E-state index in [0.29, 0.717) is 27.1 Å². The van der Waals surface area contributed by atoms with Crippen molar-refractivity contribution in [2.24, 2.45) is 0 Å². The number of hydrogen-bond donors (Lipinski definition) is 0. The minimum Gasteiger partial charge on any atom is -0.467 e. The van der Waals surface area contributed by atoms with Crippen molar-refractivity contribution in [1.29, 1.82) is 5.26 Å². The van der Waals surface area contributed by atoms with Crippen LogP contribution in [0.1, 0.15) is 42.2 Å². The molecule has 2 aromatic rings.